The van der Waals surface area contributed by atoms with Crippen LogP contribution in [-0.2, 0) is 43.5 Å². The molecule has 7 aromatic carbocycles. The number of benzene rings is 7. The number of Topliss-reactive ketones (excluding diaryl/α,β-unsaturated/α-hetero) is 4. The molecule has 0 unspecified atom stereocenters. The number of aliphatic carboxylic acids is 1. The molecule has 0 atom stereocenters. The standard InChI is InChI=1S/2C18H20N2O.C16H16N2O2.C15H15N3O2.C15H16N2.C14H12N2O3.C14H12N2O/c2*1-12-6-7-15-16-8-9-19-14(3)18(16)20(17(15)11-12)10-4-5-13(2)21;1-10(19)6-8-20-12-3-4-13-14-5-7-17-11(2)16(14)18-15(13)9-12;1-9-15-12(4-6-17-9)11-3-2-10(8-13(11)18-15)20-7-5-14(16)19;1-4-11-8-13-12-6-5-9(2)7-14(12)17-15(13)10(3)16-11;1-8-14-11(4-5-15-8)10-3-2-9(6-12(10)16-14)19-7-13(17)18;1-8-3-4-10-11-5-6-15-13(9(2)17)14(11)16-12(10)7-8/h2*6-9,11H,4-5,10H2,1-3H3;3-5,7,9,18H,6,8H2,1-2H3;2-4,6,8,18H,5,7H2,1H3,(H2,16,19);5-8,17H,4H2,1-3H3;2-6,16H,7H2,1H3,(H,17,18);3-7,16H,1-2H3. The number of carbonyl (C=O) groups excluding carboxylic acids is 5. The highest BCUT2D eigenvalue weighted by Gasteiger charge is 2.20. The van der Waals surface area contributed by atoms with Crippen LogP contribution in [0.15, 0.2) is 207 Å². The van der Waals surface area contributed by atoms with Crippen LogP contribution in [0.25, 0.3) is 153 Å². The third-order valence-electron chi connectivity index (χ3n) is 24.1. The molecule has 21 aromatic rings. The van der Waals surface area contributed by atoms with Gasteiger partial charge in [-0.2, -0.15) is 0 Å². The highest BCUT2D eigenvalue weighted by atomic mass is 16.5. The summed E-state index contributed by atoms with van der Waals surface area (Å²) in [6, 6.07) is 57.5. The maximum atomic E-state index is 11.5. The first-order valence-electron chi connectivity index (χ1n) is 45.4. The molecule has 0 saturated carbocycles. The maximum Gasteiger partial charge on any atom is 0.341 e. The zero-order valence-corrected chi connectivity index (χ0v) is 78.8. The van der Waals surface area contributed by atoms with Gasteiger partial charge in [0.25, 0.3) is 0 Å². The number of hydrogen-bond donors (Lipinski definition) is 7. The topological polar surface area (TPSA) is 355 Å². The molecular weight excluding hydrogens is 1690 g/mol. The minimum atomic E-state index is -0.989. The number of aryl methyl sites for hydroxylation is 13. The van der Waals surface area contributed by atoms with Crippen LogP contribution in [0.3, 0.4) is 0 Å². The quantitative estimate of drug-likeness (QED) is 0.0329. The minimum absolute atomic E-state index is 0.0149. The molecule has 0 aliphatic rings. The lowest BCUT2D eigenvalue weighted by molar-refractivity contribution is -0.139. The third-order valence-corrected chi connectivity index (χ3v) is 24.1. The van der Waals surface area contributed by atoms with Gasteiger partial charge in [0.2, 0.25) is 5.91 Å². The van der Waals surface area contributed by atoms with Crippen molar-refractivity contribution in [2.75, 3.05) is 19.8 Å². The zero-order chi connectivity index (χ0) is 95.6. The molecule has 25 heteroatoms. The van der Waals surface area contributed by atoms with E-state index in [1.165, 1.54) is 93.1 Å². The van der Waals surface area contributed by atoms with Crippen molar-refractivity contribution in [1.29, 1.82) is 0 Å². The van der Waals surface area contributed by atoms with Crippen molar-refractivity contribution in [3.05, 3.63) is 275 Å². The molecule has 0 aliphatic carbocycles. The number of carbonyl (C=O) groups is 6. The Bertz CT molecular complexity index is 7840. The van der Waals surface area contributed by atoms with Crippen molar-refractivity contribution in [2.24, 2.45) is 5.73 Å². The Hall–Kier alpha value is -15.8. The molecule has 0 fully saturated rings. The van der Waals surface area contributed by atoms with Crippen LogP contribution in [0.5, 0.6) is 17.2 Å². The molecule has 0 saturated heterocycles. The second-order valence-corrected chi connectivity index (χ2v) is 34.5. The highest BCUT2D eigenvalue weighted by molar-refractivity contribution is 6.16. The Balaban J connectivity index is 0.000000120. The number of amides is 1. The Morgan fingerprint density at radius 3 is 1.07 bits per heavy atom. The number of nitrogens with zero attached hydrogens (tertiary/aromatic N) is 9. The Kier molecular flexibility index (Phi) is 28.7. The molecule has 0 bridgehead atoms. The van der Waals surface area contributed by atoms with E-state index < -0.39 is 5.97 Å². The molecule has 14 aromatic heterocycles. The number of carboxylic acids is 1. The molecule has 21 rings (SSSR count). The fraction of sp³-hybridized carbons (Fsp3) is 0.245. The fourth-order valence-electron chi connectivity index (χ4n) is 17.6. The van der Waals surface area contributed by atoms with Crippen molar-refractivity contribution in [2.45, 2.75) is 162 Å². The van der Waals surface area contributed by atoms with Gasteiger partial charge < -0.3 is 68.7 Å². The van der Waals surface area contributed by atoms with E-state index in [2.05, 4.69) is 215 Å². The first kappa shape index (κ1) is 93.9. The Morgan fingerprint density at radius 1 is 0.341 bits per heavy atom. The summed E-state index contributed by atoms with van der Waals surface area (Å²) in [6.45, 7) is 31.1. The second-order valence-electron chi connectivity index (χ2n) is 34.5. The summed E-state index contributed by atoms with van der Waals surface area (Å²) in [5, 5.41) is 25.2. The SMILES string of the molecule is CC(=O)CCCn1c2cc(C)ccc2c2ccnc(C)c21.CC(=O)CCCn1c2cc(C)ccc2c2ccnc(C)c21.CC(=O)CCOc1ccc2c(c1)[nH]c1c(C)nccc12.CC(=O)c1nccc2c1[nH]c1cc(C)ccc12.CCc1cc2c([nH]c3cc(C)ccc32)c(C)n1.Cc1nccc2c1[nH]c1cc(OCC(=O)O)ccc12.Cc1nccc2c1[nH]c1cc(OCCC(N)=O)ccc12. The van der Waals surface area contributed by atoms with E-state index in [1.54, 1.807) is 52.2 Å². The van der Waals surface area contributed by atoms with Crippen molar-refractivity contribution >= 4 is 188 Å². The van der Waals surface area contributed by atoms with Gasteiger partial charge in [-0.25, -0.2) is 4.79 Å². The normalized spacial score (nSPS) is 11.2. The van der Waals surface area contributed by atoms with Crippen molar-refractivity contribution in [3.63, 3.8) is 0 Å². The number of nitrogens with one attached hydrogen (secondary N) is 5. The van der Waals surface area contributed by atoms with Gasteiger partial charge >= 0.3 is 5.97 Å². The predicted molar refractivity (Wildman–Crippen MR) is 542 cm³/mol. The van der Waals surface area contributed by atoms with E-state index in [1.807, 2.05) is 112 Å². The van der Waals surface area contributed by atoms with Crippen LogP contribution >= 0.6 is 0 Å². The molecule has 0 radical (unpaired) electrons. The number of carboxylic acid groups (broad SMARTS) is 1. The van der Waals surface area contributed by atoms with Crippen LogP contribution in [0.2, 0.25) is 0 Å². The van der Waals surface area contributed by atoms with E-state index in [0.717, 1.165) is 166 Å². The van der Waals surface area contributed by atoms with Crippen molar-refractivity contribution in [3.8, 4) is 17.2 Å². The average molecular weight is 1800 g/mol. The molecule has 0 spiro atoms. The number of aromatic amines is 5. The van der Waals surface area contributed by atoms with Crippen molar-refractivity contribution in [1.82, 2.24) is 68.9 Å². The van der Waals surface area contributed by atoms with Gasteiger partial charge in [-0.15, -0.1) is 0 Å². The monoisotopic (exact) mass is 1800 g/mol. The summed E-state index contributed by atoms with van der Waals surface area (Å²) in [4.78, 5) is 113. The molecule has 135 heavy (non-hydrogen) atoms. The maximum absolute atomic E-state index is 11.5. The van der Waals surface area contributed by atoms with Crippen LogP contribution in [0.4, 0.5) is 0 Å². The number of hydrogen-bond acceptors (Lipinski definition) is 16. The number of pyridine rings is 7. The zero-order valence-electron chi connectivity index (χ0n) is 78.8. The van der Waals surface area contributed by atoms with Gasteiger partial charge in [0, 0.05) is 198 Å². The van der Waals surface area contributed by atoms with Gasteiger partial charge in [-0.1, -0.05) is 55.5 Å². The van der Waals surface area contributed by atoms with E-state index in [-0.39, 0.29) is 42.1 Å². The van der Waals surface area contributed by atoms with Crippen LogP contribution < -0.4 is 19.9 Å². The van der Waals surface area contributed by atoms with Crippen LogP contribution in [0.1, 0.15) is 146 Å². The number of fused-ring (bicyclic) bond motifs is 21. The van der Waals surface area contributed by atoms with Crippen LogP contribution in [-0.4, -0.2) is 129 Å². The number of aromatic nitrogens is 14. The van der Waals surface area contributed by atoms with Gasteiger partial charge in [0.05, 0.1) is 109 Å². The molecule has 686 valence electrons. The number of ketones is 4. The Labute approximate surface area is 779 Å². The van der Waals surface area contributed by atoms with Crippen LogP contribution in [0, 0.1) is 69.2 Å². The number of primary amides is 1. The van der Waals surface area contributed by atoms with Gasteiger partial charge in [0.1, 0.15) is 40.3 Å². The second kappa shape index (κ2) is 41.3. The van der Waals surface area contributed by atoms with Gasteiger partial charge in [0.15, 0.2) is 12.4 Å². The van der Waals surface area contributed by atoms with E-state index >= 15 is 0 Å². The molecule has 8 N–H and O–H groups in total. The van der Waals surface area contributed by atoms with E-state index in [0.29, 0.717) is 43.9 Å². The summed E-state index contributed by atoms with van der Waals surface area (Å²) in [6.07, 6.45) is 15.5. The third kappa shape index (κ3) is 21.2. The lowest BCUT2D eigenvalue weighted by Gasteiger charge is -2.08. The predicted octanol–water partition coefficient (Wildman–Crippen LogP) is 23.6. The smallest absolute Gasteiger partial charge is 0.341 e. The first-order valence-corrected chi connectivity index (χ1v) is 45.4. The lowest BCUT2D eigenvalue weighted by atomic mass is 10.1. The lowest BCUT2D eigenvalue weighted by Crippen LogP contribution is -2.14. The molecular formula is C110H111N15O10. The largest absolute Gasteiger partial charge is 0.493 e. The molecule has 14 heterocycles. The highest BCUT2D eigenvalue weighted by Crippen LogP contribution is 2.38. The molecule has 25 nitrogen and oxygen atoms in total. The first-order chi connectivity index (χ1) is 64.9. The fourth-order valence-corrected chi connectivity index (χ4v) is 17.6. The van der Waals surface area contributed by atoms with E-state index in [4.69, 9.17) is 25.1 Å². The molecule has 1 amide bonds. The minimum Gasteiger partial charge on any atom is -0.493 e. The number of ether oxygens (including phenoxy) is 3. The van der Waals surface area contributed by atoms with Gasteiger partial charge in [-0.3, -0.25) is 49.3 Å². The average Bonchev–Trinajstić information content (AvgIpc) is 1.54. The Morgan fingerprint density at radius 2 is 0.674 bits per heavy atom. The van der Waals surface area contributed by atoms with Gasteiger partial charge in [-0.05, 0) is 235 Å². The van der Waals surface area contributed by atoms with Crippen molar-refractivity contribution < 1.29 is 48.1 Å². The summed E-state index contributed by atoms with van der Waals surface area (Å²) < 4.78 is 20.9. The number of nitrogens with two attached hydrogens (primary N) is 1. The summed E-state index contributed by atoms with van der Waals surface area (Å²) >= 11 is 0. The summed E-state index contributed by atoms with van der Waals surface area (Å²) in [5.41, 5.74) is 33.0. The molecule has 0 aliphatic heterocycles. The summed E-state index contributed by atoms with van der Waals surface area (Å²) in [5.74, 6) is 1.30. The van der Waals surface area contributed by atoms with E-state index in [9.17, 15) is 28.8 Å². The number of rotatable bonds is 21. The number of H-pyrrole nitrogens is 5. The summed E-state index contributed by atoms with van der Waals surface area (Å²) in [7, 11) is 0.